The first kappa shape index (κ1) is 74.2. The Morgan fingerprint density at radius 2 is 0.703 bits per heavy atom. The molecule has 111 heavy (non-hydrogen) atoms. The third kappa shape index (κ3) is 14.8. The first-order valence-electron chi connectivity index (χ1n) is 38.3. The summed E-state index contributed by atoms with van der Waals surface area (Å²) in [5, 5.41) is 5.02. The number of aryl methyl sites for hydroxylation is 9. The average Bonchev–Trinajstić information content (AvgIpc) is 1.60. The summed E-state index contributed by atoms with van der Waals surface area (Å²) < 4.78 is 11.3. The third-order valence-electron chi connectivity index (χ3n) is 21.7. The Balaban J connectivity index is 0.000000192. The molecule has 5 aromatic heterocycles. The molecule has 0 bridgehead atoms. The fourth-order valence-electron chi connectivity index (χ4n) is 17.0. The average molecular weight is 1620 g/mol. The summed E-state index contributed by atoms with van der Waals surface area (Å²) in [6, 6.07) is 107. The molecule has 0 fully saturated rings. The van der Waals surface area contributed by atoms with E-state index in [2.05, 4.69) is 352 Å². The largest absolute Gasteiger partial charge is 3.00 e. The van der Waals surface area contributed by atoms with Crippen molar-refractivity contribution in [3.8, 4) is 84.9 Å². The van der Waals surface area contributed by atoms with Crippen LogP contribution in [0.3, 0.4) is 0 Å². The zero-order chi connectivity index (χ0) is 75.7. The first-order chi connectivity index (χ1) is 53.6. The van der Waals surface area contributed by atoms with Crippen LogP contribution < -0.4 is 0 Å². The van der Waals surface area contributed by atoms with Gasteiger partial charge in [-0.05, 0) is 203 Å². The maximum Gasteiger partial charge on any atom is 3.00 e. The number of nitrogens with zero attached hydrogens (tertiary/aromatic N) is 8. The van der Waals surface area contributed by atoms with Crippen molar-refractivity contribution in [2.45, 2.75) is 101 Å². The van der Waals surface area contributed by atoms with Crippen molar-refractivity contribution in [1.29, 1.82) is 0 Å². The van der Waals surface area contributed by atoms with Gasteiger partial charge in [0.15, 0.2) is 0 Å². The fraction of sp³-hybridized carbons (Fsp3) is 0.147. The molecule has 0 aliphatic rings. The van der Waals surface area contributed by atoms with Crippen LogP contribution in [0.25, 0.3) is 128 Å². The summed E-state index contributed by atoms with van der Waals surface area (Å²) in [7, 11) is 0. The number of benzene rings is 13. The minimum Gasteiger partial charge on any atom is -0.340 e. The Hall–Kier alpha value is -12.3. The van der Waals surface area contributed by atoms with Gasteiger partial charge >= 0.3 is 20.1 Å². The van der Waals surface area contributed by atoms with E-state index in [1.165, 1.54) is 156 Å². The van der Waals surface area contributed by atoms with Crippen LogP contribution in [-0.2, 0) is 20.1 Å². The second-order valence-electron chi connectivity index (χ2n) is 29.6. The molecule has 0 amide bonds. The summed E-state index contributed by atoms with van der Waals surface area (Å²) >= 11 is 0. The normalized spacial score (nSPS) is 11.8. The molecule has 0 saturated carbocycles. The van der Waals surface area contributed by atoms with Gasteiger partial charge in [-0.15, -0.1) is 107 Å². The molecule has 0 N–H and O–H groups in total. The zero-order valence-electron chi connectivity index (χ0n) is 64.8. The van der Waals surface area contributed by atoms with Gasteiger partial charge < -0.3 is 22.8 Å². The molecule has 18 aromatic rings. The molecule has 9 heteroatoms. The molecule has 0 aliphatic carbocycles. The van der Waals surface area contributed by atoms with Crippen LogP contribution in [0.4, 0.5) is 0 Å². The number of para-hydroxylation sites is 4. The summed E-state index contributed by atoms with van der Waals surface area (Å²) in [4.78, 5) is 13.8. The molecular weight excluding hydrogens is 1530 g/mol. The Bertz CT molecular complexity index is 5980. The van der Waals surface area contributed by atoms with E-state index in [9.17, 15) is 0 Å². The van der Waals surface area contributed by atoms with Gasteiger partial charge in [-0.2, -0.15) is 0 Å². The van der Waals surface area contributed by atoms with Gasteiger partial charge in [-0.25, -0.2) is 0 Å². The van der Waals surface area contributed by atoms with Gasteiger partial charge in [0.25, 0.3) is 0 Å². The molecule has 13 aromatic carbocycles. The maximum absolute atomic E-state index is 4.84. The standard InChI is InChI=1S/C66H55N4.2C18H17N2.Ir/c1-6-47(48-25-27-49(28-26-48)66-67-33-34-68(66)65-45(4)35-43(2)36-46(65)5)37-44(3)52-38-53(50-29-31-63-59(41-50)57-21-13-15-23-61(57)69(63)55-17-9-7-10-18-55)40-54(39-52)51-30-32-64-60(42-51)58-22-14-16-24-62(58)70(64)56-19-11-8-12-20-56;2*1-13-11-14(2)17(15(3)12-13)20-10-9-19-18(20)16-7-5-4-6-8-16;/h7-27,29-36,38-42,44,47H,6,37H2,1-5H3;2*4-7,9-12H,1-3H3;/q3*-1;+3. The van der Waals surface area contributed by atoms with E-state index in [1.54, 1.807) is 0 Å². The minimum atomic E-state index is 0. The van der Waals surface area contributed by atoms with Gasteiger partial charge in [0.2, 0.25) is 0 Å². The van der Waals surface area contributed by atoms with Crippen molar-refractivity contribution in [2.24, 2.45) is 0 Å². The molecule has 2 atom stereocenters. The van der Waals surface area contributed by atoms with Crippen LogP contribution in [-0.4, -0.2) is 37.8 Å². The molecule has 18 rings (SSSR count). The molecule has 546 valence electrons. The Kier molecular flexibility index (Phi) is 21.5. The Labute approximate surface area is 666 Å². The second-order valence-corrected chi connectivity index (χ2v) is 29.6. The van der Waals surface area contributed by atoms with E-state index in [0.717, 1.165) is 47.0 Å². The molecule has 0 saturated heterocycles. The van der Waals surface area contributed by atoms with Gasteiger partial charge in [0.05, 0.1) is 39.5 Å². The van der Waals surface area contributed by atoms with Gasteiger partial charge in [0, 0.05) is 87.2 Å². The topological polar surface area (TPSA) is 63.3 Å². The van der Waals surface area contributed by atoms with Gasteiger partial charge in [0.1, 0.15) is 0 Å². The SMILES string of the molecule is CCC(CC(C)c1cc(-c2ccc3c(c2)c2ccccc2n3-c2ccccc2)cc(-c2ccc3c(c2)c2ccccc2n3-c2ccccc2)c1)c1c[c-]c(-c2nccn2-c2c(C)cc(C)cc2C)cc1.Cc1cc(C)c(-n2ccnc2-c2[c-]cccc2)c(C)c1.Cc1cc(C)c(-n2ccnc2-c2[c-]cccc2)c(C)c1.[Ir+3]. The van der Waals surface area contributed by atoms with Crippen LogP contribution >= 0.6 is 0 Å². The summed E-state index contributed by atoms with van der Waals surface area (Å²) in [5.74, 6) is 3.41. The third-order valence-corrected chi connectivity index (χ3v) is 21.7. The number of hydrogen-bond acceptors (Lipinski definition) is 3. The predicted octanol–water partition coefficient (Wildman–Crippen LogP) is 26.0. The summed E-state index contributed by atoms with van der Waals surface area (Å²) in [5.41, 5.74) is 32.7. The smallest absolute Gasteiger partial charge is 0.340 e. The number of hydrogen-bond donors (Lipinski definition) is 0. The number of rotatable bonds is 15. The van der Waals surface area contributed by atoms with Crippen molar-refractivity contribution < 1.29 is 20.1 Å². The van der Waals surface area contributed by atoms with E-state index >= 15 is 0 Å². The van der Waals surface area contributed by atoms with E-state index in [4.69, 9.17) is 4.98 Å². The molecule has 0 spiro atoms. The molecule has 0 aliphatic heterocycles. The molecule has 2 unspecified atom stereocenters. The van der Waals surface area contributed by atoms with E-state index in [0.29, 0.717) is 5.92 Å². The molecule has 5 heterocycles. The van der Waals surface area contributed by atoms with Gasteiger partial charge in [-0.3, -0.25) is 15.0 Å². The summed E-state index contributed by atoms with van der Waals surface area (Å²) in [6.45, 7) is 24.1. The van der Waals surface area contributed by atoms with Crippen molar-refractivity contribution >= 4 is 43.6 Å². The quantitative estimate of drug-likeness (QED) is 0.0961. The first-order valence-corrected chi connectivity index (χ1v) is 38.3. The predicted molar refractivity (Wildman–Crippen MR) is 458 cm³/mol. The molecular formula is C102H89IrN8. The number of aromatic nitrogens is 8. The van der Waals surface area contributed by atoms with Crippen molar-refractivity contribution in [3.05, 3.63) is 383 Å². The second kappa shape index (κ2) is 32.1. The van der Waals surface area contributed by atoms with Crippen molar-refractivity contribution in [1.82, 2.24) is 37.8 Å². The van der Waals surface area contributed by atoms with E-state index < -0.39 is 0 Å². The van der Waals surface area contributed by atoms with Crippen LogP contribution in [0.1, 0.15) is 99.7 Å². The van der Waals surface area contributed by atoms with Crippen LogP contribution in [0.2, 0.25) is 0 Å². The number of fused-ring (bicyclic) bond motifs is 6. The minimum absolute atomic E-state index is 0. The monoisotopic (exact) mass is 1620 g/mol. The van der Waals surface area contributed by atoms with Crippen LogP contribution in [0, 0.1) is 80.5 Å². The fourth-order valence-corrected chi connectivity index (χ4v) is 17.0. The summed E-state index contributed by atoms with van der Waals surface area (Å²) in [6.07, 6.45) is 13.7. The van der Waals surface area contributed by atoms with Crippen molar-refractivity contribution in [3.63, 3.8) is 0 Å². The molecule has 8 nitrogen and oxygen atoms in total. The van der Waals surface area contributed by atoms with Gasteiger partial charge in [-0.1, -0.05) is 176 Å². The molecule has 0 radical (unpaired) electrons. The zero-order valence-corrected chi connectivity index (χ0v) is 67.2. The van der Waals surface area contributed by atoms with Crippen LogP contribution in [0.15, 0.2) is 304 Å². The number of imidazole rings is 3. The Morgan fingerprint density at radius 1 is 0.333 bits per heavy atom. The van der Waals surface area contributed by atoms with Crippen molar-refractivity contribution in [2.75, 3.05) is 0 Å². The van der Waals surface area contributed by atoms with E-state index in [-0.39, 0.29) is 26.0 Å². The van der Waals surface area contributed by atoms with E-state index in [1.807, 2.05) is 79.5 Å². The van der Waals surface area contributed by atoms with Crippen LogP contribution in [0.5, 0.6) is 0 Å². The maximum atomic E-state index is 4.84. The Morgan fingerprint density at radius 3 is 1.07 bits per heavy atom.